The first-order valence-corrected chi connectivity index (χ1v) is 32.7. The first kappa shape index (κ1) is 55.7. The van der Waals surface area contributed by atoms with E-state index in [-0.39, 0.29) is 23.0 Å². The summed E-state index contributed by atoms with van der Waals surface area (Å²) in [6, 6.07) is 86.3. The number of benzene rings is 11. The maximum atomic E-state index is 2.65. The molecular formula is C81H73BN4S2. The van der Waals surface area contributed by atoms with Crippen molar-refractivity contribution < 1.29 is 0 Å². The molecule has 0 spiro atoms. The van der Waals surface area contributed by atoms with Crippen LogP contribution in [0, 0.1) is 20.8 Å². The molecule has 13 aromatic rings. The number of fused-ring (bicyclic) bond motifs is 10. The molecule has 0 N–H and O–H groups in total. The number of anilines is 12. The summed E-state index contributed by atoms with van der Waals surface area (Å²) in [5.74, 6) is 0. The van der Waals surface area contributed by atoms with Crippen molar-refractivity contribution in [3.8, 4) is 0 Å². The summed E-state index contributed by atoms with van der Waals surface area (Å²) in [5, 5.41) is 5.09. The van der Waals surface area contributed by atoms with E-state index < -0.39 is 0 Å². The Balaban J connectivity index is 1.04. The second-order valence-electron chi connectivity index (χ2n) is 27.7. The highest BCUT2D eigenvalue weighted by Crippen LogP contribution is 2.53. The average molecular weight is 1180 g/mol. The van der Waals surface area contributed by atoms with E-state index in [2.05, 4.69) is 327 Å². The minimum Gasteiger partial charge on any atom is -0.311 e. The van der Waals surface area contributed by atoms with Crippen LogP contribution in [0.15, 0.2) is 224 Å². The number of thiophene rings is 2. The molecule has 0 saturated heterocycles. The molecule has 88 heavy (non-hydrogen) atoms. The van der Waals surface area contributed by atoms with Crippen LogP contribution in [-0.4, -0.2) is 6.71 Å². The molecule has 4 nitrogen and oxygen atoms in total. The standard InChI is InChI=1S/C81H73BN4S2/c1-50-24-33-56(34-25-50)83(57-35-26-51(2)27-36-57)70-48-61(49-75-76(70)64-19-14-16-23-74(64)87-75)86-67-43-32-54(80(7,8)9)44-66(67)82-65-42-41-60(84(58-37-28-52(3)29-38-58)68-21-17-20-63-62-18-13-15-22-73(62)88-78(63)68)47-69(65)85(59-39-30-53(31-40-59)79(4,5)6)71-45-55(81(10,11)12)46-72(86)77(71)82/h13-49H,1-12H3. The van der Waals surface area contributed by atoms with E-state index in [1.807, 2.05) is 22.7 Å². The lowest BCUT2D eigenvalue weighted by Gasteiger charge is -2.46. The third kappa shape index (κ3) is 9.31. The van der Waals surface area contributed by atoms with Gasteiger partial charge in [-0.3, -0.25) is 0 Å². The average Bonchev–Trinajstić information content (AvgIpc) is 0.779. The Morgan fingerprint density at radius 1 is 0.341 bits per heavy atom. The summed E-state index contributed by atoms with van der Waals surface area (Å²) in [6.45, 7) is 27.6. The van der Waals surface area contributed by atoms with Gasteiger partial charge in [-0.15, -0.1) is 22.7 Å². The van der Waals surface area contributed by atoms with Crippen LogP contribution in [-0.2, 0) is 16.2 Å². The van der Waals surface area contributed by atoms with E-state index in [4.69, 9.17) is 0 Å². The Kier molecular flexibility index (Phi) is 13.0. The molecule has 0 radical (unpaired) electrons. The molecule has 2 aliphatic heterocycles. The van der Waals surface area contributed by atoms with Crippen LogP contribution in [0.2, 0.25) is 0 Å². The smallest absolute Gasteiger partial charge is 0.252 e. The molecule has 0 fully saturated rings. The van der Waals surface area contributed by atoms with Gasteiger partial charge in [-0.25, -0.2) is 0 Å². The van der Waals surface area contributed by atoms with Crippen molar-refractivity contribution in [2.24, 2.45) is 0 Å². The van der Waals surface area contributed by atoms with Gasteiger partial charge >= 0.3 is 0 Å². The largest absolute Gasteiger partial charge is 0.311 e. The predicted octanol–water partition coefficient (Wildman–Crippen LogP) is 22.3. The van der Waals surface area contributed by atoms with Crippen molar-refractivity contribution in [3.05, 3.63) is 258 Å². The van der Waals surface area contributed by atoms with Gasteiger partial charge in [0, 0.05) is 92.5 Å². The number of hydrogen-bond acceptors (Lipinski definition) is 6. The second kappa shape index (κ2) is 20.6. The van der Waals surface area contributed by atoms with E-state index in [1.54, 1.807) is 0 Å². The van der Waals surface area contributed by atoms with Crippen molar-refractivity contribution in [3.63, 3.8) is 0 Å². The Labute approximate surface area is 527 Å². The van der Waals surface area contributed by atoms with Crippen LogP contribution in [0.5, 0.6) is 0 Å². The van der Waals surface area contributed by atoms with Crippen LogP contribution < -0.4 is 36.0 Å². The Bertz CT molecular complexity index is 4850. The molecule has 11 aromatic carbocycles. The molecule has 0 saturated carbocycles. The van der Waals surface area contributed by atoms with Crippen LogP contribution in [0.25, 0.3) is 40.3 Å². The molecule has 432 valence electrons. The highest BCUT2D eigenvalue weighted by atomic mass is 32.1. The van der Waals surface area contributed by atoms with Gasteiger partial charge in [-0.05, 0) is 179 Å². The normalized spacial score (nSPS) is 13.2. The van der Waals surface area contributed by atoms with E-state index in [0.717, 1.165) is 39.8 Å². The van der Waals surface area contributed by atoms with Crippen molar-refractivity contribution >= 4 is 154 Å². The number of nitrogens with zero attached hydrogens (tertiary/aromatic N) is 4. The lowest BCUT2D eigenvalue weighted by atomic mass is 9.33. The lowest BCUT2D eigenvalue weighted by molar-refractivity contribution is 0.590. The van der Waals surface area contributed by atoms with Crippen LogP contribution in [0.3, 0.4) is 0 Å². The van der Waals surface area contributed by atoms with E-state index in [1.165, 1.54) is 119 Å². The molecule has 15 rings (SSSR count). The van der Waals surface area contributed by atoms with Crippen LogP contribution >= 0.6 is 22.7 Å². The Morgan fingerprint density at radius 3 is 1.44 bits per heavy atom. The number of hydrogen-bond donors (Lipinski definition) is 0. The van der Waals surface area contributed by atoms with Gasteiger partial charge in [0.2, 0.25) is 0 Å². The number of aryl methyl sites for hydroxylation is 3. The second-order valence-corrected chi connectivity index (χ2v) is 29.8. The highest BCUT2D eigenvalue weighted by molar-refractivity contribution is 7.26. The first-order valence-electron chi connectivity index (χ1n) is 31.1. The summed E-state index contributed by atoms with van der Waals surface area (Å²) >= 11 is 3.77. The molecule has 0 bridgehead atoms. The molecule has 0 atom stereocenters. The first-order chi connectivity index (χ1) is 42.2. The molecule has 4 heterocycles. The zero-order valence-electron chi connectivity index (χ0n) is 52.5. The van der Waals surface area contributed by atoms with Crippen LogP contribution in [0.4, 0.5) is 68.2 Å². The van der Waals surface area contributed by atoms with Gasteiger partial charge in [-0.1, -0.05) is 194 Å². The van der Waals surface area contributed by atoms with Gasteiger partial charge in [0.25, 0.3) is 6.71 Å². The van der Waals surface area contributed by atoms with Crippen molar-refractivity contribution in [2.75, 3.05) is 19.6 Å². The topological polar surface area (TPSA) is 13.0 Å². The molecule has 7 heteroatoms. The van der Waals surface area contributed by atoms with Crippen molar-refractivity contribution in [1.82, 2.24) is 0 Å². The fourth-order valence-corrected chi connectivity index (χ4v) is 16.0. The van der Waals surface area contributed by atoms with Gasteiger partial charge in [-0.2, -0.15) is 0 Å². The highest BCUT2D eigenvalue weighted by Gasteiger charge is 2.45. The van der Waals surface area contributed by atoms with Gasteiger partial charge < -0.3 is 19.6 Å². The SMILES string of the molecule is Cc1ccc(N(c2ccc3c(c2)N(c2ccc(C(C)(C)C)cc2)c2cc(C(C)(C)C)cc4c2B3c2cc(C(C)(C)C)ccc2N4c2cc(N(c3ccc(C)cc3)c3ccc(C)cc3)c3c(c2)sc2ccccc23)c2cccc3c2sc2ccccc23)cc1. The summed E-state index contributed by atoms with van der Waals surface area (Å²) < 4.78 is 5.09. The summed E-state index contributed by atoms with van der Waals surface area (Å²) in [4.78, 5) is 10.3. The van der Waals surface area contributed by atoms with E-state index >= 15 is 0 Å². The Morgan fingerprint density at radius 2 is 0.852 bits per heavy atom. The van der Waals surface area contributed by atoms with E-state index in [0.29, 0.717) is 0 Å². The predicted molar refractivity (Wildman–Crippen MR) is 386 cm³/mol. The molecule has 0 amide bonds. The summed E-state index contributed by atoms with van der Waals surface area (Å²) in [6.07, 6.45) is 0. The zero-order valence-corrected chi connectivity index (χ0v) is 54.2. The number of rotatable bonds is 8. The summed E-state index contributed by atoms with van der Waals surface area (Å²) in [5.41, 5.74) is 25.0. The zero-order chi connectivity index (χ0) is 60.7. The monoisotopic (exact) mass is 1180 g/mol. The van der Waals surface area contributed by atoms with Crippen molar-refractivity contribution in [1.29, 1.82) is 0 Å². The minimum atomic E-state index is -0.216. The van der Waals surface area contributed by atoms with Crippen LogP contribution in [0.1, 0.15) is 95.7 Å². The Hall–Kier alpha value is -8.88. The van der Waals surface area contributed by atoms with Gasteiger partial charge in [0.05, 0.1) is 16.1 Å². The van der Waals surface area contributed by atoms with Gasteiger partial charge in [0.15, 0.2) is 0 Å². The van der Waals surface area contributed by atoms with E-state index in [9.17, 15) is 0 Å². The molecular weight excluding hydrogens is 1100 g/mol. The fourth-order valence-electron chi connectivity index (χ4n) is 13.7. The van der Waals surface area contributed by atoms with Gasteiger partial charge in [0.1, 0.15) is 0 Å². The summed E-state index contributed by atoms with van der Waals surface area (Å²) in [7, 11) is 0. The lowest BCUT2D eigenvalue weighted by Crippen LogP contribution is -2.61. The fraction of sp³-hybridized carbons (Fsp3) is 0.185. The molecule has 0 unspecified atom stereocenters. The molecule has 2 aromatic heterocycles. The quantitative estimate of drug-likeness (QED) is 0.141. The third-order valence-corrected chi connectivity index (χ3v) is 20.8. The molecule has 2 aliphatic rings. The maximum Gasteiger partial charge on any atom is 0.252 e. The maximum absolute atomic E-state index is 2.65. The molecule has 0 aliphatic carbocycles. The third-order valence-electron chi connectivity index (χ3n) is 18.5. The van der Waals surface area contributed by atoms with Crippen molar-refractivity contribution in [2.45, 2.75) is 99.3 Å². The minimum absolute atomic E-state index is 0.0259.